The second-order valence-corrected chi connectivity index (χ2v) is 3.99. The summed E-state index contributed by atoms with van der Waals surface area (Å²) in [5.41, 5.74) is 3.14. The van der Waals surface area contributed by atoms with Crippen molar-refractivity contribution >= 4 is 11.0 Å². The molecule has 0 atom stereocenters. The summed E-state index contributed by atoms with van der Waals surface area (Å²) in [5.74, 6) is -0.204. The molecule has 0 aliphatic rings. The molecule has 0 aliphatic carbocycles. The highest BCUT2D eigenvalue weighted by atomic mass is 18.2. The van der Waals surface area contributed by atoms with E-state index in [4.69, 9.17) is 0 Å². The third-order valence-electron chi connectivity index (χ3n) is 2.79. The van der Waals surface area contributed by atoms with E-state index in [0.29, 0.717) is 6.54 Å². The summed E-state index contributed by atoms with van der Waals surface area (Å²) in [6.07, 6.45) is 1.81. The summed E-state index contributed by atoms with van der Waals surface area (Å²) in [5, 5.41) is 0. The summed E-state index contributed by atoms with van der Waals surface area (Å²) in [6.45, 7) is 0.709. The molecular weight excluding hydrogens is 214 g/mol. The van der Waals surface area contributed by atoms with Crippen LogP contribution in [0.4, 0.5) is 4.39 Å². The average molecular weight is 225 g/mol. The highest BCUT2D eigenvalue weighted by molar-refractivity contribution is 5.75. The van der Waals surface area contributed by atoms with Gasteiger partial charge in [-0.2, -0.15) is 0 Å². The summed E-state index contributed by atoms with van der Waals surface area (Å²) < 4.78 is 14.9. The lowest BCUT2D eigenvalue weighted by Gasteiger charge is -2.04. The quantitative estimate of drug-likeness (QED) is 0.654. The fourth-order valence-electron chi connectivity index (χ4n) is 1.92. The van der Waals surface area contributed by atoms with Crippen LogP contribution in [0.25, 0.3) is 11.0 Å². The molecule has 3 heteroatoms. The molecule has 0 spiro atoms. The summed E-state index contributed by atoms with van der Waals surface area (Å²) in [4.78, 5) is 4.32. The predicted octanol–water partition coefficient (Wildman–Crippen LogP) is 3.22. The Bertz CT molecular complexity index is 641. The van der Waals surface area contributed by atoms with Crippen molar-refractivity contribution in [3.05, 3.63) is 66.2 Å². The number of nitrogens with zero attached hydrogens (tertiary/aromatic N) is 2. The molecule has 84 valence electrons. The monoisotopic (exact) mass is 225 g/mol. The molecule has 0 saturated heterocycles. The molecule has 0 aliphatic heterocycles. The van der Waals surface area contributed by atoms with Gasteiger partial charge >= 0.3 is 0 Å². The van der Waals surface area contributed by atoms with Gasteiger partial charge in [0.15, 0.2) is 0 Å². The van der Waals surface area contributed by atoms with Gasteiger partial charge in [-0.1, -0.05) is 24.3 Å². The maximum atomic E-state index is 12.8. The van der Waals surface area contributed by atoms with Crippen LogP contribution in [0.15, 0.2) is 54.9 Å². The second-order valence-electron chi connectivity index (χ2n) is 3.99. The molecule has 0 bridgehead atoms. The Balaban J connectivity index is 1.97. The van der Waals surface area contributed by atoms with E-state index >= 15 is 0 Å². The Morgan fingerprint density at radius 3 is 2.59 bits per heavy atom. The standard InChI is InChI=1S/C14H11FN2/c15-12-7-5-11(6-8-12)9-17-10-16-13-3-1-2-4-14(13)17/h1-8,10H,9H2/i15-1. The summed E-state index contributed by atoms with van der Waals surface area (Å²) >= 11 is 0. The molecule has 0 fully saturated rings. The van der Waals surface area contributed by atoms with E-state index in [9.17, 15) is 4.39 Å². The van der Waals surface area contributed by atoms with Gasteiger partial charge in [0.25, 0.3) is 0 Å². The number of hydrogen-bond acceptors (Lipinski definition) is 1. The molecule has 2 aromatic carbocycles. The Morgan fingerprint density at radius 2 is 1.76 bits per heavy atom. The third kappa shape index (κ3) is 1.91. The number of fused-ring (bicyclic) bond motifs is 1. The van der Waals surface area contributed by atoms with Gasteiger partial charge in [-0.3, -0.25) is 0 Å². The first kappa shape index (κ1) is 10.0. The topological polar surface area (TPSA) is 17.8 Å². The van der Waals surface area contributed by atoms with Crippen LogP contribution in [0.2, 0.25) is 0 Å². The lowest BCUT2D eigenvalue weighted by molar-refractivity contribution is 0.626. The van der Waals surface area contributed by atoms with Gasteiger partial charge in [0.05, 0.1) is 17.4 Å². The third-order valence-corrected chi connectivity index (χ3v) is 2.79. The van der Waals surface area contributed by atoms with Crippen molar-refractivity contribution in [1.82, 2.24) is 9.55 Å². The lowest BCUT2D eigenvalue weighted by atomic mass is 10.2. The highest BCUT2D eigenvalue weighted by Crippen LogP contribution is 2.14. The largest absolute Gasteiger partial charge is 0.326 e. The van der Waals surface area contributed by atoms with Crippen LogP contribution < -0.4 is 0 Å². The number of para-hydroxylation sites is 2. The van der Waals surface area contributed by atoms with E-state index in [1.165, 1.54) is 12.1 Å². The zero-order valence-electron chi connectivity index (χ0n) is 9.18. The predicted molar refractivity (Wildman–Crippen MR) is 65.2 cm³/mol. The zero-order chi connectivity index (χ0) is 11.7. The van der Waals surface area contributed by atoms with Crippen LogP contribution in [-0.2, 0) is 6.54 Å². The molecule has 1 heterocycles. The molecule has 1 aromatic heterocycles. The van der Waals surface area contributed by atoms with Gasteiger partial charge in [-0.05, 0) is 29.8 Å². The first-order valence-corrected chi connectivity index (χ1v) is 5.47. The normalized spacial score (nSPS) is 10.9. The molecule has 0 unspecified atom stereocenters. The highest BCUT2D eigenvalue weighted by Gasteiger charge is 2.02. The fraction of sp³-hybridized carbons (Fsp3) is 0.0714. The van der Waals surface area contributed by atoms with E-state index in [1.54, 1.807) is 12.1 Å². The summed E-state index contributed by atoms with van der Waals surface area (Å²) in [6, 6.07) is 14.5. The molecular formula is C14H11FN2. The van der Waals surface area contributed by atoms with Crippen LogP contribution in [-0.4, -0.2) is 9.55 Å². The van der Waals surface area contributed by atoms with Crippen molar-refractivity contribution in [3.8, 4) is 0 Å². The van der Waals surface area contributed by atoms with Crippen molar-refractivity contribution in [2.24, 2.45) is 0 Å². The average Bonchev–Trinajstić information content (AvgIpc) is 2.76. The maximum Gasteiger partial charge on any atom is 0.123 e. The van der Waals surface area contributed by atoms with Gasteiger partial charge < -0.3 is 4.57 Å². The van der Waals surface area contributed by atoms with Crippen molar-refractivity contribution in [2.45, 2.75) is 6.54 Å². The molecule has 3 rings (SSSR count). The van der Waals surface area contributed by atoms with E-state index in [2.05, 4.69) is 9.55 Å². The minimum atomic E-state index is -0.204. The van der Waals surface area contributed by atoms with E-state index < -0.39 is 0 Å². The van der Waals surface area contributed by atoms with Crippen LogP contribution in [0.3, 0.4) is 0 Å². The first-order valence-electron chi connectivity index (χ1n) is 5.47. The molecule has 0 saturated carbocycles. The number of aromatic nitrogens is 2. The van der Waals surface area contributed by atoms with Crippen molar-refractivity contribution in [1.29, 1.82) is 0 Å². The molecule has 17 heavy (non-hydrogen) atoms. The van der Waals surface area contributed by atoms with Gasteiger partial charge in [-0.15, -0.1) is 0 Å². The van der Waals surface area contributed by atoms with E-state index in [-0.39, 0.29) is 5.82 Å². The molecule has 0 radical (unpaired) electrons. The number of hydrogen-bond donors (Lipinski definition) is 0. The van der Waals surface area contributed by atoms with Gasteiger partial charge in [0.1, 0.15) is 5.82 Å². The first-order chi connectivity index (χ1) is 8.33. The zero-order valence-corrected chi connectivity index (χ0v) is 9.18. The number of halogens is 1. The Labute approximate surface area is 98.3 Å². The smallest absolute Gasteiger partial charge is 0.123 e. The van der Waals surface area contributed by atoms with Gasteiger partial charge in [0.2, 0.25) is 0 Å². The molecule has 0 N–H and O–H groups in total. The van der Waals surface area contributed by atoms with Crippen LogP contribution in [0.5, 0.6) is 0 Å². The van der Waals surface area contributed by atoms with Gasteiger partial charge in [-0.25, -0.2) is 9.37 Å². The maximum absolute atomic E-state index is 12.8. The Morgan fingerprint density at radius 1 is 1.00 bits per heavy atom. The van der Waals surface area contributed by atoms with E-state index in [0.717, 1.165) is 16.6 Å². The Hall–Kier alpha value is -2.16. The minimum absolute atomic E-state index is 0.204. The molecule has 0 amide bonds. The van der Waals surface area contributed by atoms with Crippen LogP contribution >= 0.6 is 0 Å². The summed E-state index contributed by atoms with van der Waals surface area (Å²) in [7, 11) is 0. The van der Waals surface area contributed by atoms with Crippen molar-refractivity contribution in [3.63, 3.8) is 0 Å². The SMILES string of the molecule is [18F]c1ccc(Cn2cnc3ccccc32)cc1. The minimum Gasteiger partial charge on any atom is -0.326 e. The van der Waals surface area contributed by atoms with Crippen molar-refractivity contribution < 1.29 is 4.39 Å². The number of imidazole rings is 1. The van der Waals surface area contributed by atoms with Crippen LogP contribution in [0.1, 0.15) is 5.56 Å². The second kappa shape index (κ2) is 4.01. The van der Waals surface area contributed by atoms with Crippen molar-refractivity contribution in [2.75, 3.05) is 0 Å². The van der Waals surface area contributed by atoms with E-state index in [1.807, 2.05) is 30.6 Å². The number of benzene rings is 2. The Kier molecular flexibility index (Phi) is 2.37. The lowest BCUT2D eigenvalue weighted by Crippen LogP contribution is -1.97. The van der Waals surface area contributed by atoms with Crippen LogP contribution in [0, 0.1) is 5.82 Å². The molecule has 3 aromatic rings. The molecule has 2 nitrogen and oxygen atoms in total. The number of rotatable bonds is 2. The fourth-order valence-corrected chi connectivity index (χ4v) is 1.92. The van der Waals surface area contributed by atoms with Gasteiger partial charge in [0, 0.05) is 6.54 Å².